The van der Waals surface area contributed by atoms with E-state index in [0.29, 0.717) is 37.9 Å². The number of aromatic nitrogens is 2. The number of hydrogen-bond donors (Lipinski definition) is 1. The molecule has 1 aromatic carbocycles. The monoisotopic (exact) mass is 383 g/mol. The second kappa shape index (κ2) is 6.92. The van der Waals surface area contributed by atoms with E-state index < -0.39 is 0 Å². The van der Waals surface area contributed by atoms with E-state index in [2.05, 4.69) is 22.4 Å². The number of anilines is 1. The van der Waals surface area contributed by atoms with Crippen LogP contribution in [0.2, 0.25) is 0 Å². The zero-order valence-electron chi connectivity index (χ0n) is 16.4. The summed E-state index contributed by atoms with van der Waals surface area (Å²) in [7, 11) is 0. The smallest absolute Gasteiger partial charge is 0.321 e. The zero-order valence-corrected chi connectivity index (χ0v) is 16.4. The number of urea groups is 1. The van der Waals surface area contributed by atoms with Gasteiger partial charge in [-0.2, -0.15) is 4.98 Å². The van der Waals surface area contributed by atoms with Crippen LogP contribution in [0.5, 0.6) is 0 Å². The first-order valence-electron chi connectivity index (χ1n) is 9.61. The van der Waals surface area contributed by atoms with Gasteiger partial charge in [0.05, 0.1) is 5.92 Å². The molecular weight excluding hydrogens is 358 g/mol. The first-order valence-corrected chi connectivity index (χ1v) is 9.61. The van der Waals surface area contributed by atoms with Crippen molar-refractivity contribution in [2.45, 2.75) is 33.1 Å². The number of nitrogens with one attached hydrogen (secondary N) is 1. The van der Waals surface area contributed by atoms with Crippen molar-refractivity contribution in [3.8, 4) is 0 Å². The molecule has 3 heterocycles. The second-order valence-corrected chi connectivity index (χ2v) is 7.83. The number of aryl methyl sites for hydroxylation is 2. The number of carbonyl (C=O) groups excluding carboxylic acids is 2. The van der Waals surface area contributed by atoms with Gasteiger partial charge in [0.15, 0.2) is 5.82 Å². The van der Waals surface area contributed by atoms with Crippen LogP contribution in [0.4, 0.5) is 10.5 Å². The van der Waals surface area contributed by atoms with Crippen LogP contribution in [0, 0.1) is 12.3 Å². The highest BCUT2D eigenvalue weighted by Crippen LogP contribution is 2.48. The highest BCUT2D eigenvalue weighted by molar-refractivity contribution is 5.90. The van der Waals surface area contributed by atoms with Crippen LogP contribution in [-0.2, 0) is 11.2 Å². The van der Waals surface area contributed by atoms with Crippen molar-refractivity contribution >= 4 is 17.6 Å². The van der Waals surface area contributed by atoms with Gasteiger partial charge in [-0.05, 0) is 31.0 Å². The number of nitrogens with zero attached hydrogens (tertiary/aromatic N) is 4. The standard InChI is InChI=1S/C20H25N5O3/c1-4-15-6-5-7-16(8-15)22-19(27)25-11-20(12-25)10-24(14(3)26)9-17(20)18-21-13(2)23-28-18/h5-8,17H,4,9-12H2,1-3H3,(H,22,27). The average Bonchev–Trinajstić information content (AvgIpc) is 3.24. The molecule has 2 aliphatic heterocycles. The Labute approximate surface area is 163 Å². The summed E-state index contributed by atoms with van der Waals surface area (Å²) in [6.45, 7) is 7.69. The van der Waals surface area contributed by atoms with Gasteiger partial charge in [0, 0.05) is 44.2 Å². The maximum atomic E-state index is 12.7. The van der Waals surface area contributed by atoms with E-state index in [9.17, 15) is 9.59 Å². The van der Waals surface area contributed by atoms with Gasteiger partial charge >= 0.3 is 6.03 Å². The van der Waals surface area contributed by atoms with E-state index >= 15 is 0 Å². The van der Waals surface area contributed by atoms with Crippen molar-refractivity contribution in [2.75, 3.05) is 31.5 Å². The van der Waals surface area contributed by atoms with Gasteiger partial charge in [0.2, 0.25) is 11.8 Å². The fraction of sp³-hybridized carbons (Fsp3) is 0.500. The van der Waals surface area contributed by atoms with E-state index in [1.807, 2.05) is 29.2 Å². The number of rotatable bonds is 3. The molecule has 0 radical (unpaired) electrons. The summed E-state index contributed by atoms with van der Waals surface area (Å²) in [5, 5.41) is 6.87. The normalized spacial score (nSPS) is 20.3. The van der Waals surface area contributed by atoms with Crippen LogP contribution >= 0.6 is 0 Å². The van der Waals surface area contributed by atoms with Gasteiger partial charge < -0.3 is 19.6 Å². The topological polar surface area (TPSA) is 91.6 Å². The molecule has 1 aromatic heterocycles. The Hall–Kier alpha value is -2.90. The van der Waals surface area contributed by atoms with Crippen molar-refractivity contribution in [2.24, 2.45) is 5.41 Å². The molecule has 148 valence electrons. The number of likely N-dealkylation sites (tertiary alicyclic amines) is 2. The van der Waals surface area contributed by atoms with E-state index in [1.54, 1.807) is 18.7 Å². The molecule has 1 atom stereocenters. The van der Waals surface area contributed by atoms with Gasteiger partial charge in [-0.3, -0.25) is 4.79 Å². The van der Waals surface area contributed by atoms with Crippen LogP contribution in [0.15, 0.2) is 28.8 Å². The lowest BCUT2D eigenvalue weighted by Gasteiger charge is -2.49. The summed E-state index contributed by atoms with van der Waals surface area (Å²) in [4.78, 5) is 32.6. The van der Waals surface area contributed by atoms with Crippen LogP contribution in [0.1, 0.15) is 37.0 Å². The molecule has 2 fully saturated rings. The molecule has 0 saturated carbocycles. The van der Waals surface area contributed by atoms with Crippen molar-refractivity contribution < 1.29 is 14.1 Å². The van der Waals surface area contributed by atoms with Crippen LogP contribution < -0.4 is 5.32 Å². The Morgan fingerprint density at radius 1 is 1.29 bits per heavy atom. The number of benzene rings is 1. The maximum absolute atomic E-state index is 12.7. The van der Waals surface area contributed by atoms with Gasteiger partial charge in [0.1, 0.15) is 0 Å². The van der Waals surface area contributed by atoms with E-state index in [4.69, 9.17) is 4.52 Å². The van der Waals surface area contributed by atoms with E-state index in [0.717, 1.165) is 12.1 Å². The van der Waals surface area contributed by atoms with Gasteiger partial charge in [-0.25, -0.2) is 4.79 Å². The molecule has 2 aromatic rings. The summed E-state index contributed by atoms with van der Waals surface area (Å²) in [5.74, 6) is 1.11. The molecule has 8 nitrogen and oxygen atoms in total. The largest absolute Gasteiger partial charge is 0.341 e. The molecular formula is C20H25N5O3. The lowest BCUT2D eigenvalue weighted by Crippen LogP contribution is -2.62. The summed E-state index contributed by atoms with van der Waals surface area (Å²) < 4.78 is 5.41. The lowest BCUT2D eigenvalue weighted by molar-refractivity contribution is -0.128. The van der Waals surface area contributed by atoms with Gasteiger partial charge in [-0.1, -0.05) is 24.2 Å². The Kier molecular flexibility index (Phi) is 4.56. The first kappa shape index (κ1) is 18.5. The summed E-state index contributed by atoms with van der Waals surface area (Å²) in [6.07, 6.45) is 0.919. The highest BCUT2D eigenvalue weighted by atomic mass is 16.5. The summed E-state index contributed by atoms with van der Waals surface area (Å²) in [5.41, 5.74) is 1.75. The molecule has 4 rings (SSSR count). The molecule has 1 unspecified atom stereocenters. The summed E-state index contributed by atoms with van der Waals surface area (Å²) >= 11 is 0. The third kappa shape index (κ3) is 3.23. The average molecular weight is 383 g/mol. The molecule has 0 aliphatic carbocycles. The fourth-order valence-electron chi connectivity index (χ4n) is 4.25. The number of amides is 3. The minimum Gasteiger partial charge on any atom is -0.341 e. The van der Waals surface area contributed by atoms with Crippen molar-refractivity contribution in [1.82, 2.24) is 19.9 Å². The Balaban J connectivity index is 1.47. The molecule has 2 aliphatic rings. The van der Waals surface area contributed by atoms with Crippen LogP contribution in [0.3, 0.4) is 0 Å². The molecule has 28 heavy (non-hydrogen) atoms. The number of hydrogen-bond acceptors (Lipinski definition) is 5. The lowest BCUT2D eigenvalue weighted by atomic mass is 9.71. The van der Waals surface area contributed by atoms with Gasteiger partial charge in [0.25, 0.3) is 0 Å². The van der Waals surface area contributed by atoms with Crippen molar-refractivity contribution in [3.05, 3.63) is 41.5 Å². The van der Waals surface area contributed by atoms with E-state index in [-0.39, 0.29) is 23.3 Å². The van der Waals surface area contributed by atoms with Gasteiger partial charge in [-0.15, -0.1) is 0 Å². The predicted molar refractivity (Wildman–Crippen MR) is 103 cm³/mol. The Morgan fingerprint density at radius 3 is 2.68 bits per heavy atom. The quantitative estimate of drug-likeness (QED) is 0.879. The van der Waals surface area contributed by atoms with Crippen LogP contribution in [0.25, 0.3) is 0 Å². The third-order valence-corrected chi connectivity index (χ3v) is 5.82. The maximum Gasteiger partial charge on any atom is 0.321 e. The van der Waals surface area contributed by atoms with E-state index in [1.165, 1.54) is 5.56 Å². The first-order chi connectivity index (χ1) is 13.4. The van der Waals surface area contributed by atoms with Crippen molar-refractivity contribution in [1.29, 1.82) is 0 Å². The molecule has 8 heteroatoms. The Morgan fingerprint density at radius 2 is 2.04 bits per heavy atom. The third-order valence-electron chi connectivity index (χ3n) is 5.82. The predicted octanol–water partition coefficient (Wildman–Crippen LogP) is 2.42. The fourth-order valence-corrected chi connectivity index (χ4v) is 4.25. The molecule has 0 bridgehead atoms. The molecule has 1 spiro atoms. The van der Waals surface area contributed by atoms with Crippen LogP contribution in [-0.4, -0.2) is 58.1 Å². The molecule has 1 N–H and O–H groups in total. The minimum absolute atomic E-state index is 0.0254. The Bertz CT molecular complexity index is 903. The molecule has 2 saturated heterocycles. The molecule has 3 amide bonds. The SMILES string of the molecule is CCc1cccc(NC(=O)N2CC3(CN(C(C)=O)CC3c3nc(C)no3)C2)c1. The summed E-state index contributed by atoms with van der Waals surface area (Å²) in [6, 6.07) is 7.75. The highest BCUT2D eigenvalue weighted by Gasteiger charge is 2.58. The zero-order chi connectivity index (χ0) is 19.9. The number of carbonyl (C=O) groups is 2. The van der Waals surface area contributed by atoms with Crippen molar-refractivity contribution in [3.63, 3.8) is 0 Å². The minimum atomic E-state index is -0.229. The second-order valence-electron chi connectivity index (χ2n) is 7.83.